The lowest BCUT2D eigenvalue weighted by molar-refractivity contribution is 0.0805. The molecule has 4 rings (SSSR count). The van der Waals surface area contributed by atoms with E-state index in [0.29, 0.717) is 29.2 Å². The zero-order valence-corrected chi connectivity index (χ0v) is 17.2. The molecule has 0 N–H and O–H groups in total. The van der Waals surface area contributed by atoms with Crippen LogP contribution in [0.2, 0.25) is 5.02 Å². The summed E-state index contributed by atoms with van der Waals surface area (Å²) in [6, 6.07) is 19.8. The van der Waals surface area contributed by atoms with Crippen LogP contribution in [0.25, 0.3) is 0 Å². The molecule has 0 amide bonds. The van der Waals surface area contributed by atoms with Crippen molar-refractivity contribution in [1.29, 1.82) is 0 Å². The number of fused-ring (bicyclic) bond motifs is 1. The Balaban J connectivity index is 1.69. The Morgan fingerprint density at radius 2 is 1.82 bits per heavy atom. The second kappa shape index (κ2) is 7.86. The van der Waals surface area contributed by atoms with Crippen molar-refractivity contribution < 1.29 is 9.59 Å². The number of anilines is 1. The van der Waals surface area contributed by atoms with Gasteiger partial charge in [-0.15, -0.1) is 0 Å². The molecule has 1 unspecified atom stereocenters. The smallest absolute Gasteiger partial charge is 0.177 e. The van der Waals surface area contributed by atoms with E-state index in [-0.39, 0.29) is 11.6 Å². The van der Waals surface area contributed by atoms with Gasteiger partial charge < -0.3 is 4.90 Å². The highest BCUT2D eigenvalue weighted by atomic mass is 79.9. The van der Waals surface area contributed by atoms with Gasteiger partial charge in [-0.1, -0.05) is 29.8 Å². The Bertz CT molecular complexity index is 1050. The quantitative estimate of drug-likeness (QED) is 0.308. The van der Waals surface area contributed by atoms with E-state index in [1.807, 2.05) is 41.3 Å². The van der Waals surface area contributed by atoms with E-state index >= 15 is 0 Å². The molecule has 1 atom stereocenters. The van der Waals surface area contributed by atoms with Gasteiger partial charge in [-0.05, 0) is 64.5 Å². The van der Waals surface area contributed by atoms with Gasteiger partial charge >= 0.3 is 0 Å². The molecule has 0 fully saturated rings. The second-order valence-corrected chi connectivity index (χ2v) is 7.89. The van der Waals surface area contributed by atoms with Gasteiger partial charge in [0.2, 0.25) is 0 Å². The number of carbonyl (C=O) groups is 2. The topological polar surface area (TPSA) is 50.3 Å². The van der Waals surface area contributed by atoms with Crippen molar-refractivity contribution in [3.05, 3.63) is 93.2 Å². The summed E-state index contributed by atoms with van der Waals surface area (Å²) >= 11 is 9.32. The number of aromatic nitrogens is 1. The maximum atomic E-state index is 13.1. The highest BCUT2D eigenvalue weighted by Crippen LogP contribution is 2.32. The fourth-order valence-electron chi connectivity index (χ4n) is 3.45. The Morgan fingerprint density at radius 1 is 1.07 bits per heavy atom. The van der Waals surface area contributed by atoms with Gasteiger partial charge in [-0.2, -0.15) is 0 Å². The minimum Gasteiger partial charge on any atom is -0.364 e. The third kappa shape index (κ3) is 3.73. The molecule has 2 heterocycles. The number of Topliss-reactive ketones (excluding diaryl/α,β-unsaturated/α-hetero) is 2. The molecule has 2 aromatic carbocycles. The number of carbonyl (C=O) groups excluding carboxylic acids is 2. The molecule has 1 aromatic heterocycles. The van der Waals surface area contributed by atoms with Gasteiger partial charge in [0.1, 0.15) is 10.5 Å². The lowest BCUT2D eigenvalue weighted by Gasteiger charge is -2.34. The zero-order valence-electron chi connectivity index (χ0n) is 14.8. The van der Waals surface area contributed by atoms with Crippen LogP contribution in [0.3, 0.4) is 0 Å². The van der Waals surface area contributed by atoms with Crippen molar-refractivity contribution in [1.82, 2.24) is 4.98 Å². The van der Waals surface area contributed by atoms with Crippen LogP contribution < -0.4 is 4.90 Å². The Morgan fingerprint density at radius 3 is 2.57 bits per heavy atom. The number of pyridine rings is 1. The summed E-state index contributed by atoms with van der Waals surface area (Å²) in [6.07, 6.45) is 0. The van der Waals surface area contributed by atoms with Gasteiger partial charge in [0, 0.05) is 28.4 Å². The Labute approximate surface area is 176 Å². The highest BCUT2D eigenvalue weighted by Gasteiger charge is 2.36. The van der Waals surface area contributed by atoms with Crippen LogP contribution in [-0.2, 0) is 6.54 Å². The lowest BCUT2D eigenvalue weighted by Crippen LogP contribution is -2.42. The second-order valence-electron chi connectivity index (χ2n) is 6.64. The minimum atomic E-state index is -0.761. The van der Waals surface area contributed by atoms with E-state index in [2.05, 4.69) is 20.9 Å². The summed E-state index contributed by atoms with van der Waals surface area (Å²) in [7, 11) is 0. The number of halogens is 2. The monoisotopic (exact) mass is 454 g/mol. The third-order valence-corrected chi connectivity index (χ3v) is 5.49. The van der Waals surface area contributed by atoms with Crippen molar-refractivity contribution in [2.45, 2.75) is 6.54 Å². The van der Waals surface area contributed by atoms with Crippen molar-refractivity contribution >= 4 is 44.8 Å². The van der Waals surface area contributed by atoms with Crippen LogP contribution in [0.4, 0.5) is 5.69 Å². The van der Waals surface area contributed by atoms with Crippen molar-refractivity contribution in [3.8, 4) is 0 Å². The predicted molar refractivity (Wildman–Crippen MR) is 113 cm³/mol. The molecule has 0 saturated carbocycles. The number of nitrogens with zero attached hydrogens (tertiary/aromatic N) is 2. The van der Waals surface area contributed by atoms with Gasteiger partial charge in [0.25, 0.3) is 0 Å². The molecule has 4 nitrogen and oxygen atoms in total. The van der Waals surface area contributed by atoms with E-state index in [1.54, 1.807) is 30.3 Å². The first-order valence-electron chi connectivity index (χ1n) is 8.82. The fourth-order valence-corrected chi connectivity index (χ4v) is 3.95. The summed E-state index contributed by atoms with van der Waals surface area (Å²) in [5.41, 5.74) is 2.74. The van der Waals surface area contributed by atoms with E-state index < -0.39 is 5.92 Å². The molecular formula is C22H16BrClN2O2. The van der Waals surface area contributed by atoms with Gasteiger partial charge in [0.15, 0.2) is 11.6 Å². The predicted octanol–water partition coefficient (Wildman–Crippen LogP) is 5.20. The molecule has 1 aliphatic rings. The van der Waals surface area contributed by atoms with Crippen LogP contribution in [0.5, 0.6) is 0 Å². The summed E-state index contributed by atoms with van der Waals surface area (Å²) < 4.78 is 0.750. The zero-order chi connectivity index (χ0) is 19.7. The lowest BCUT2D eigenvalue weighted by atomic mass is 9.85. The summed E-state index contributed by atoms with van der Waals surface area (Å²) in [5.74, 6) is -1.10. The van der Waals surface area contributed by atoms with Crippen LogP contribution in [0.1, 0.15) is 26.4 Å². The van der Waals surface area contributed by atoms with E-state index in [4.69, 9.17) is 11.6 Å². The molecule has 3 aromatic rings. The van der Waals surface area contributed by atoms with E-state index in [9.17, 15) is 9.59 Å². The number of para-hydroxylation sites is 1. The first-order valence-corrected chi connectivity index (χ1v) is 9.99. The molecule has 6 heteroatoms. The molecule has 0 aliphatic carbocycles. The molecule has 0 saturated heterocycles. The van der Waals surface area contributed by atoms with Crippen molar-refractivity contribution in [2.75, 3.05) is 11.4 Å². The number of ketones is 2. The van der Waals surface area contributed by atoms with E-state index in [1.165, 1.54) is 0 Å². The van der Waals surface area contributed by atoms with Crippen molar-refractivity contribution in [2.24, 2.45) is 5.92 Å². The molecular weight excluding hydrogens is 440 g/mol. The maximum absolute atomic E-state index is 13.1. The van der Waals surface area contributed by atoms with Crippen LogP contribution in [0.15, 0.2) is 71.3 Å². The maximum Gasteiger partial charge on any atom is 0.177 e. The van der Waals surface area contributed by atoms with Gasteiger partial charge in [0.05, 0.1) is 12.2 Å². The third-order valence-electron chi connectivity index (χ3n) is 4.80. The minimum absolute atomic E-state index is 0.144. The normalized spacial score (nSPS) is 16.0. The van der Waals surface area contributed by atoms with Crippen LogP contribution in [-0.4, -0.2) is 23.1 Å². The molecule has 28 heavy (non-hydrogen) atoms. The average molecular weight is 456 g/mol. The largest absolute Gasteiger partial charge is 0.364 e. The fraction of sp³-hybridized carbons (Fsp3) is 0.136. The van der Waals surface area contributed by atoms with Crippen LogP contribution in [0, 0.1) is 5.92 Å². The molecule has 140 valence electrons. The molecule has 0 radical (unpaired) electrons. The number of benzene rings is 2. The first kappa shape index (κ1) is 18.8. The average Bonchev–Trinajstić information content (AvgIpc) is 2.70. The molecule has 1 aliphatic heterocycles. The Hall–Kier alpha value is -2.50. The van der Waals surface area contributed by atoms with Crippen LogP contribution >= 0.6 is 27.5 Å². The summed E-state index contributed by atoms with van der Waals surface area (Å²) in [5, 5.41) is 0.555. The number of rotatable bonds is 4. The van der Waals surface area contributed by atoms with E-state index in [0.717, 1.165) is 16.0 Å². The summed E-state index contributed by atoms with van der Waals surface area (Å²) in [4.78, 5) is 32.7. The van der Waals surface area contributed by atoms with Gasteiger partial charge in [-0.25, -0.2) is 4.98 Å². The standard InChI is InChI=1S/C22H16BrClN2O2/c23-20-7-3-4-16(25-20)12-26-13-18(21(27)14-8-10-15(24)11-9-14)22(28)17-5-1-2-6-19(17)26/h1-11,18H,12-13H2. The highest BCUT2D eigenvalue weighted by molar-refractivity contribution is 9.10. The molecule has 0 bridgehead atoms. The summed E-state index contributed by atoms with van der Waals surface area (Å²) in [6.45, 7) is 0.819. The SMILES string of the molecule is O=C(c1ccc(Cl)cc1)C1CN(Cc2cccc(Br)n2)c2ccccc2C1=O. The first-order chi connectivity index (χ1) is 13.5. The van der Waals surface area contributed by atoms with Gasteiger partial charge in [-0.3, -0.25) is 9.59 Å². The molecule has 0 spiro atoms. The Kier molecular flexibility index (Phi) is 5.29. The number of hydrogen-bond donors (Lipinski definition) is 0. The number of hydrogen-bond acceptors (Lipinski definition) is 4. The van der Waals surface area contributed by atoms with Crippen molar-refractivity contribution in [3.63, 3.8) is 0 Å².